The molecule has 8 nitrogen and oxygen atoms in total. The van der Waals surface area contributed by atoms with Crippen LogP contribution in [-0.4, -0.2) is 43.6 Å². The summed E-state index contributed by atoms with van der Waals surface area (Å²) in [6, 6.07) is 3.65. The third-order valence-corrected chi connectivity index (χ3v) is 7.26. The molecule has 0 aliphatic carbocycles. The number of methoxy groups -OCH3 is 1. The molecule has 2 aromatic heterocycles. The van der Waals surface area contributed by atoms with Crippen molar-refractivity contribution in [1.29, 1.82) is 0 Å². The maximum absolute atomic E-state index is 12.5. The Morgan fingerprint density at radius 3 is 2.62 bits per heavy atom. The zero-order chi connectivity index (χ0) is 18.6. The fraction of sp³-hybridized carbons (Fsp3) is 0.562. The minimum atomic E-state index is -3.59. The van der Waals surface area contributed by atoms with Gasteiger partial charge in [0.2, 0.25) is 16.0 Å². The lowest BCUT2D eigenvalue weighted by Gasteiger charge is -2.26. The first-order chi connectivity index (χ1) is 12.5. The van der Waals surface area contributed by atoms with E-state index in [1.165, 1.54) is 24.9 Å². The van der Waals surface area contributed by atoms with Crippen LogP contribution in [0.25, 0.3) is 0 Å². The van der Waals surface area contributed by atoms with Crippen molar-refractivity contribution >= 4 is 27.3 Å². The molecule has 0 aromatic carbocycles. The second-order valence-electron chi connectivity index (χ2n) is 5.98. The first-order valence-corrected chi connectivity index (χ1v) is 10.9. The second-order valence-corrected chi connectivity index (χ2v) is 9.15. The van der Waals surface area contributed by atoms with E-state index in [1.807, 2.05) is 13.0 Å². The van der Waals surface area contributed by atoms with Crippen molar-refractivity contribution in [3.63, 3.8) is 0 Å². The van der Waals surface area contributed by atoms with E-state index in [0.29, 0.717) is 16.0 Å². The number of thiophene rings is 1. The average molecular weight is 398 g/mol. The highest BCUT2D eigenvalue weighted by Gasteiger charge is 2.20. The van der Waals surface area contributed by atoms with Gasteiger partial charge in [-0.25, -0.2) is 13.1 Å². The van der Waals surface area contributed by atoms with Crippen LogP contribution < -0.4 is 14.4 Å². The van der Waals surface area contributed by atoms with Gasteiger partial charge in [-0.3, -0.25) is 0 Å². The molecule has 1 N–H and O–H groups in total. The van der Waals surface area contributed by atoms with Gasteiger partial charge in [-0.05, 0) is 37.8 Å². The molecule has 0 atom stereocenters. The van der Waals surface area contributed by atoms with Gasteiger partial charge in [0.15, 0.2) is 5.82 Å². The number of nitrogens with one attached hydrogen (secondary N) is 1. The molecule has 1 aliphatic rings. The van der Waals surface area contributed by atoms with Crippen molar-refractivity contribution in [2.75, 3.05) is 25.1 Å². The van der Waals surface area contributed by atoms with Gasteiger partial charge in [0.05, 0.1) is 13.7 Å². The largest absolute Gasteiger partial charge is 0.467 e. The van der Waals surface area contributed by atoms with Gasteiger partial charge in [0.1, 0.15) is 4.21 Å². The molecule has 1 saturated heterocycles. The van der Waals surface area contributed by atoms with Gasteiger partial charge >= 0.3 is 6.01 Å². The minimum Gasteiger partial charge on any atom is -0.467 e. The Hall–Kier alpha value is -1.78. The Kier molecular flexibility index (Phi) is 6.05. The van der Waals surface area contributed by atoms with Crippen LogP contribution in [0.3, 0.4) is 0 Å². The van der Waals surface area contributed by atoms with Gasteiger partial charge < -0.3 is 9.64 Å². The summed E-state index contributed by atoms with van der Waals surface area (Å²) in [5.74, 6) is 0.878. The maximum atomic E-state index is 12.5. The van der Waals surface area contributed by atoms with E-state index >= 15 is 0 Å². The Bertz CT molecular complexity index is 847. The van der Waals surface area contributed by atoms with Crippen molar-refractivity contribution in [2.45, 2.75) is 43.4 Å². The van der Waals surface area contributed by atoms with Crippen LogP contribution in [0.2, 0.25) is 0 Å². The predicted molar refractivity (Wildman–Crippen MR) is 100 cm³/mol. The summed E-state index contributed by atoms with van der Waals surface area (Å²) in [7, 11) is -2.10. The molecule has 0 amide bonds. The average Bonchev–Trinajstić information content (AvgIpc) is 3.17. The van der Waals surface area contributed by atoms with Crippen molar-refractivity contribution in [2.24, 2.45) is 0 Å². The molecular formula is C16H23N5O3S2. The SMILES string of the molecule is CCc1ccc(S(=O)(=O)NCc2nc(OC)nc(N3CCCCC3)n2)s1. The summed E-state index contributed by atoms with van der Waals surface area (Å²) >= 11 is 1.27. The monoisotopic (exact) mass is 397 g/mol. The summed E-state index contributed by atoms with van der Waals surface area (Å²) in [6.45, 7) is 3.75. The third-order valence-electron chi connectivity index (χ3n) is 4.14. The van der Waals surface area contributed by atoms with Gasteiger partial charge in [0, 0.05) is 18.0 Å². The normalized spacial score (nSPS) is 15.2. The highest BCUT2D eigenvalue weighted by atomic mass is 32.2. The van der Waals surface area contributed by atoms with Crippen molar-refractivity contribution in [3.05, 3.63) is 22.8 Å². The number of anilines is 1. The zero-order valence-electron chi connectivity index (χ0n) is 14.9. The number of piperidine rings is 1. The van der Waals surface area contributed by atoms with E-state index in [-0.39, 0.29) is 12.6 Å². The molecule has 26 heavy (non-hydrogen) atoms. The summed E-state index contributed by atoms with van der Waals surface area (Å²) < 4.78 is 32.9. The maximum Gasteiger partial charge on any atom is 0.321 e. The smallest absolute Gasteiger partial charge is 0.321 e. The number of sulfonamides is 1. The molecule has 0 bridgehead atoms. The molecule has 3 rings (SSSR count). The fourth-order valence-corrected chi connectivity index (χ4v) is 5.04. The molecule has 0 radical (unpaired) electrons. The number of aromatic nitrogens is 3. The van der Waals surface area contributed by atoms with Crippen LogP contribution in [0.5, 0.6) is 6.01 Å². The molecule has 0 spiro atoms. The lowest BCUT2D eigenvalue weighted by molar-refractivity contribution is 0.374. The quantitative estimate of drug-likeness (QED) is 0.763. The van der Waals surface area contributed by atoms with E-state index in [0.717, 1.165) is 37.2 Å². The summed E-state index contributed by atoms with van der Waals surface area (Å²) in [5, 5.41) is 0. The van der Waals surface area contributed by atoms with Gasteiger partial charge in [-0.1, -0.05) is 6.92 Å². The van der Waals surface area contributed by atoms with Crippen molar-refractivity contribution in [3.8, 4) is 6.01 Å². The van der Waals surface area contributed by atoms with Crippen LogP contribution >= 0.6 is 11.3 Å². The van der Waals surface area contributed by atoms with E-state index in [9.17, 15) is 8.42 Å². The van der Waals surface area contributed by atoms with Crippen molar-refractivity contribution < 1.29 is 13.2 Å². The van der Waals surface area contributed by atoms with E-state index in [1.54, 1.807) is 6.07 Å². The number of hydrogen-bond donors (Lipinski definition) is 1. The van der Waals surface area contributed by atoms with Crippen LogP contribution in [0.1, 0.15) is 36.9 Å². The Balaban J connectivity index is 1.76. The molecule has 0 unspecified atom stereocenters. The number of ether oxygens (including phenoxy) is 1. The number of rotatable bonds is 7. The fourth-order valence-electron chi connectivity index (χ4n) is 2.72. The lowest BCUT2D eigenvalue weighted by atomic mass is 10.1. The Morgan fingerprint density at radius 1 is 1.19 bits per heavy atom. The summed E-state index contributed by atoms with van der Waals surface area (Å²) in [6.07, 6.45) is 4.19. The van der Waals surface area contributed by atoms with Crippen LogP contribution in [0.15, 0.2) is 16.3 Å². The third kappa shape index (κ3) is 4.49. The molecule has 3 heterocycles. The molecule has 2 aromatic rings. The topological polar surface area (TPSA) is 97.3 Å². The van der Waals surface area contributed by atoms with Gasteiger partial charge in [0.25, 0.3) is 0 Å². The Labute approximate surface area is 157 Å². The van der Waals surface area contributed by atoms with Gasteiger partial charge in [-0.2, -0.15) is 15.0 Å². The van der Waals surface area contributed by atoms with E-state index in [2.05, 4.69) is 24.6 Å². The summed E-state index contributed by atoms with van der Waals surface area (Å²) in [5.41, 5.74) is 0. The molecule has 1 fully saturated rings. The summed E-state index contributed by atoms with van der Waals surface area (Å²) in [4.78, 5) is 16.0. The van der Waals surface area contributed by atoms with Crippen LogP contribution in [-0.2, 0) is 23.0 Å². The molecule has 1 aliphatic heterocycles. The van der Waals surface area contributed by atoms with Crippen LogP contribution in [0.4, 0.5) is 5.95 Å². The highest BCUT2D eigenvalue weighted by Crippen LogP contribution is 2.22. The lowest BCUT2D eigenvalue weighted by Crippen LogP contribution is -2.32. The number of hydrogen-bond acceptors (Lipinski definition) is 8. The molecule has 0 saturated carbocycles. The molecular weight excluding hydrogens is 374 g/mol. The highest BCUT2D eigenvalue weighted by molar-refractivity contribution is 7.91. The standard InChI is InChI=1S/C16H23N5O3S2/c1-3-12-7-8-14(25-12)26(22,23)17-11-13-18-15(20-16(19-13)24-2)21-9-5-4-6-10-21/h7-8,17H,3-6,9-11H2,1-2H3. The van der Waals surface area contributed by atoms with E-state index in [4.69, 9.17) is 4.74 Å². The van der Waals surface area contributed by atoms with Crippen molar-refractivity contribution in [1.82, 2.24) is 19.7 Å². The number of nitrogens with zero attached hydrogens (tertiary/aromatic N) is 4. The first-order valence-electron chi connectivity index (χ1n) is 8.64. The second kappa shape index (κ2) is 8.28. The van der Waals surface area contributed by atoms with Crippen LogP contribution in [0, 0.1) is 0 Å². The molecule has 10 heteroatoms. The Morgan fingerprint density at radius 2 is 1.96 bits per heavy atom. The zero-order valence-corrected chi connectivity index (χ0v) is 16.6. The minimum absolute atomic E-state index is 0.0125. The first kappa shape index (κ1) is 19.0. The molecule has 142 valence electrons. The van der Waals surface area contributed by atoms with Gasteiger partial charge in [-0.15, -0.1) is 11.3 Å². The number of aryl methyl sites for hydroxylation is 1. The predicted octanol–water partition coefficient (Wildman–Crippen LogP) is 1.97. The van der Waals surface area contributed by atoms with E-state index < -0.39 is 10.0 Å².